The minimum Gasteiger partial charge on any atom is -0.497 e. The Bertz CT molecular complexity index is 654. The van der Waals surface area contributed by atoms with Crippen molar-refractivity contribution in [3.8, 4) is 11.5 Å². The molecule has 2 aromatic rings. The topological polar surface area (TPSA) is 42.5 Å². The second-order valence-corrected chi connectivity index (χ2v) is 6.19. The summed E-state index contributed by atoms with van der Waals surface area (Å²) in [7, 11) is 1.66. The molecule has 0 radical (unpaired) electrons. The van der Waals surface area contributed by atoms with Gasteiger partial charge in [-0.25, -0.2) is 0 Å². The minimum absolute atomic E-state index is 0.0967. The third kappa shape index (κ3) is 5.42. The van der Waals surface area contributed by atoms with Gasteiger partial charge in [0, 0.05) is 5.69 Å². The molecule has 0 saturated heterocycles. The molecule has 5 heteroatoms. The molecular formula is C19H24N2O2S. The van der Waals surface area contributed by atoms with Gasteiger partial charge in [-0.2, -0.15) is 0 Å². The number of rotatable bonds is 6. The summed E-state index contributed by atoms with van der Waals surface area (Å²) < 4.78 is 10.8. The average molecular weight is 344 g/mol. The molecule has 0 saturated carbocycles. The van der Waals surface area contributed by atoms with E-state index < -0.39 is 0 Å². The molecular weight excluding hydrogens is 320 g/mol. The maximum absolute atomic E-state index is 5.63. The molecule has 0 aromatic heterocycles. The lowest BCUT2D eigenvalue weighted by molar-refractivity contribution is 0.242. The number of thiocarbonyl (C=S) groups is 1. The first-order valence-electron chi connectivity index (χ1n) is 7.96. The Morgan fingerprint density at radius 1 is 0.917 bits per heavy atom. The molecule has 0 heterocycles. The fourth-order valence-electron chi connectivity index (χ4n) is 2.23. The summed E-state index contributed by atoms with van der Waals surface area (Å²) in [4.78, 5) is 0. The first-order valence-corrected chi connectivity index (χ1v) is 8.37. The number of hydrogen-bond acceptors (Lipinski definition) is 3. The van der Waals surface area contributed by atoms with Gasteiger partial charge in [0.15, 0.2) is 5.11 Å². The fraction of sp³-hybridized carbons (Fsp3) is 0.316. The Kier molecular flexibility index (Phi) is 6.44. The zero-order chi connectivity index (χ0) is 17.5. The number of hydrogen-bond donors (Lipinski definition) is 2. The highest BCUT2D eigenvalue weighted by Gasteiger charge is 2.07. The summed E-state index contributed by atoms with van der Waals surface area (Å²) >= 11 is 5.39. The lowest BCUT2D eigenvalue weighted by Crippen LogP contribution is -2.30. The molecule has 0 bridgehead atoms. The smallest absolute Gasteiger partial charge is 0.171 e. The van der Waals surface area contributed by atoms with E-state index in [9.17, 15) is 0 Å². The van der Waals surface area contributed by atoms with Gasteiger partial charge in [-0.05, 0) is 75.0 Å². The Labute approximate surface area is 149 Å². The maximum atomic E-state index is 5.63. The van der Waals surface area contributed by atoms with Crippen LogP contribution in [0.5, 0.6) is 11.5 Å². The number of nitrogens with one attached hydrogen (secondary N) is 2. The highest BCUT2D eigenvalue weighted by molar-refractivity contribution is 7.80. The van der Waals surface area contributed by atoms with Crippen LogP contribution in [0.15, 0.2) is 48.5 Å². The van der Waals surface area contributed by atoms with Crippen LogP contribution in [0.1, 0.15) is 32.4 Å². The minimum atomic E-state index is 0.0967. The van der Waals surface area contributed by atoms with E-state index in [1.54, 1.807) is 7.11 Å². The van der Waals surface area contributed by atoms with Crippen LogP contribution in [0.3, 0.4) is 0 Å². The van der Waals surface area contributed by atoms with Crippen molar-refractivity contribution in [3.63, 3.8) is 0 Å². The maximum Gasteiger partial charge on any atom is 0.171 e. The molecule has 0 spiro atoms. The molecule has 0 aliphatic carbocycles. The van der Waals surface area contributed by atoms with Crippen LogP contribution in [0.25, 0.3) is 0 Å². The summed E-state index contributed by atoms with van der Waals surface area (Å²) in [5.41, 5.74) is 2.06. The Morgan fingerprint density at radius 3 is 2.04 bits per heavy atom. The Balaban J connectivity index is 1.89. The first kappa shape index (κ1) is 18.1. The van der Waals surface area contributed by atoms with Crippen LogP contribution in [0.4, 0.5) is 5.69 Å². The van der Waals surface area contributed by atoms with E-state index in [0.717, 1.165) is 22.7 Å². The standard InChI is InChI=1S/C19H24N2O2S/c1-13(2)23-18-11-7-16(8-12-18)21-19(24)20-14(3)15-5-9-17(22-4)10-6-15/h5-14H,1-4H3,(H2,20,21,24)/t14-/m0/s1. The van der Waals surface area contributed by atoms with Crippen molar-refractivity contribution in [1.29, 1.82) is 0 Å². The molecule has 4 nitrogen and oxygen atoms in total. The zero-order valence-corrected chi connectivity index (χ0v) is 15.3. The van der Waals surface area contributed by atoms with Gasteiger partial charge in [0.1, 0.15) is 11.5 Å². The predicted octanol–water partition coefficient (Wildman–Crippen LogP) is 4.53. The number of methoxy groups -OCH3 is 1. The van der Waals surface area contributed by atoms with Gasteiger partial charge >= 0.3 is 0 Å². The summed E-state index contributed by atoms with van der Waals surface area (Å²) in [6, 6.07) is 15.8. The van der Waals surface area contributed by atoms with Crippen LogP contribution >= 0.6 is 12.2 Å². The largest absolute Gasteiger partial charge is 0.497 e. The molecule has 0 fully saturated rings. The normalized spacial score (nSPS) is 11.7. The van der Waals surface area contributed by atoms with E-state index in [1.807, 2.05) is 62.4 Å². The van der Waals surface area contributed by atoms with Crippen molar-refractivity contribution >= 4 is 23.0 Å². The van der Waals surface area contributed by atoms with Crippen molar-refractivity contribution in [3.05, 3.63) is 54.1 Å². The van der Waals surface area contributed by atoms with Crippen LogP contribution in [0.2, 0.25) is 0 Å². The SMILES string of the molecule is COc1ccc([C@H](C)NC(=S)Nc2ccc(OC(C)C)cc2)cc1. The quantitative estimate of drug-likeness (QED) is 0.754. The van der Waals surface area contributed by atoms with Gasteiger partial charge in [-0.1, -0.05) is 12.1 Å². The summed E-state index contributed by atoms with van der Waals surface area (Å²) in [6.07, 6.45) is 0.164. The van der Waals surface area contributed by atoms with E-state index in [2.05, 4.69) is 17.6 Å². The molecule has 24 heavy (non-hydrogen) atoms. The Morgan fingerprint density at radius 2 is 1.50 bits per heavy atom. The van der Waals surface area contributed by atoms with Gasteiger partial charge < -0.3 is 20.1 Å². The van der Waals surface area contributed by atoms with Gasteiger partial charge in [-0.15, -0.1) is 0 Å². The van der Waals surface area contributed by atoms with Crippen molar-refractivity contribution < 1.29 is 9.47 Å². The van der Waals surface area contributed by atoms with Gasteiger partial charge in [-0.3, -0.25) is 0 Å². The molecule has 0 unspecified atom stereocenters. The fourth-order valence-corrected chi connectivity index (χ4v) is 2.52. The zero-order valence-electron chi connectivity index (χ0n) is 14.5. The molecule has 2 rings (SSSR count). The van der Waals surface area contributed by atoms with Crippen LogP contribution < -0.4 is 20.1 Å². The first-order chi connectivity index (χ1) is 11.5. The van der Waals surface area contributed by atoms with Gasteiger partial charge in [0.25, 0.3) is 0 Å². The van der Waals surface area contributed by atoms with Crippen LogP contribution in [-0.4, -0.2) is 18.3 Å². The van der Waals surface area contributed by atoms with Gasteiger partial charge in [0.05, 0.1) is 19.3 Å². The number of ether oxygens (including phenoxy) is 2. The summed E-state index contributed by atoms with van der Waals surface area (Å²) in [5.74, 6) is 1.69. The molecule has 0 aliphatic rings. The molecule has 2 aromatic carbocycles. The molecule has 2 N–H and O–H groups in total. The van der Waals surface area contributed by atoms with Crippen LogP contribution in [-0.2, 0) is 0 Å². The molecule has 128 valence electrons. The van der Waals surface area contributed by atoms with Gasteiger partial charge in [0.2, 0.25) is 0 Å². The highest BCUT2D eigenvalue weighted by atomic mass is 32.1. The van der Waals surface area contributed by atoms with E-state index in [1.165, 1.54) is 0 Å². The number of benzene rings is 2. The molecule has 0 amide bonds. The van der Waals surface area contributed by atoms with Crippen molar-refractivity contribution in [1.82, 2.24) is 5.32 Å². The summed E-state index contributed by atoms with van der Waals surface area (Å²) in [5, 5.41) is 7.04. The lowest BCUT2D eigenvalue weighted by Gasteiger charge is -2.18. The summed E-state index contributed by atoms with van der Waals surface area (Å²) in [6.45, 7) is 6.08. The van der Waals surface area contributed by atoms with E-state index in [4.69, 9.17) is 21.7 Å². The van der Waals surface area contributed by atoms with Crippen molar-refractivity contribution in [2.24, 2.45) is 0 Å². The third-order valence-corrected chi connectivity index (χ3v) is 3.67. The third-order valence-electron chi connectivity index (χ3n) is 3.45. The predicted molar refractivity (Wildman–Crippen MR) is 103 cm³/mol. The highest BCUT2D eigenvalue weighted by Crippen LogP contribution is 2.19. The molecule has 0 aliphatic heterocycles. The average Bonchev–Trinajstić information content (AvgIpc) is 2.56. The van der Waals surface area contributed by atoms with E-state index in [-0.39, 0.29) is 12.1 Å². The van der Waals surface area contributed by atoms with Crippen molar-refractivity contribution in [2.45, 2.75) is 32.9 Å². The second kappa shape index (κ2) is 8.55. The van der Waals surface area contributed by atoms with E-state index >= 15 is 0 Å². The second-order valence-electron chi connectivity index (χ2n) is 5.78. The number of anilines is 1. The van der Waals surface area contributed by atoms with E-state index in [0.29, 0.717) is 5.11 Å². The Hall–Kier alpha value is -2.27. The molecule has 1 atom stereocenters. The lowest BCUT2D eigenvalue weighted by atomic mass is 10.1. The monoisotopic (exact) mass is 344 g/mol. The van der Waals surface area contributed by atoms with Crippen LogP contribution in [0, 0.1) is 0 Å². The van der Waals surface area contributed by atoms with Crippen molar-refractivity contribution in [2.75, 3.05) is 12.4 Å².